The second kappa shape index (κ2) is 6.69. The highest BCUT2D eigenvalue weighted by atomic mass is 32.1. The Morgan fingerprint density at radius 2 is 2.18 bits per heavy atom. The Labute approximate surface area is 136 Å². The summed E-state index contributed by atoms with van der Waals surface area (Å²) in [6.07, 6.45) is 5.76. The van der Waals surface area contributed by atoms with Crippen LogP contribution in [0, 0.1) is 0 Å². The average molecular weight is 323 g/mol. The van der Waals surface area contributed by atoms with Crippen molar-refractivity contribution >= 4 is 17.2 Å². The number of nitrogens with one attached hydrogen (secondary N) is 1. The van der Waals surface area contributed by atoms with Gasteiger partial charge in [-0.3, -0.25) is 4.79 Å². The molecule has 0 aromatic carbocycles. The van der Waals surface area contributed by atoms with Gasteiger partial charge in [0.1, 0.15) is 0 Å². The van der Waals surface area contributed by atoms with Crippen LogP contribution in [0.2, 0.25) is 0 Å². The zero-order chi connectivity index (χ0) is 15.6. The minimum Gasteiger partial charge on any atom is -0.348 e. The molecular formula is C17H25NO3S. The highest BCUT2D eigenvalue weighted by Gasteiger charge is 2.44. The number of ether oxygens (including phenoxy) is 2. The number of carbonyl (C=O) groups is 1. The highest BCUT2D eigenvalue weighted by molar-refractivity contribution is 7.14. The summed E-state index contributed by atoms with van der Waals surface area (Å²) in [5.74, 6) is -0.364. The quantitative estimate of drug-likeness (QED) is 0.904. The number of rotatable bonds is 5. The van der Waals surface area contributed by atoms with E-state index < -0.39 is 5.79 Å². The van der Waals surface area contributed by atoms with Crippen LogP contribution in [-0.2, 0) is 22.3 Å². The normalized spacial score (nSPS) is 23.3. The summed E-state index contributed by atoms with van der Waals surface area (Å²) in [5, 5.41) is 3.16. The molecule has 122 valence electrons. The van der Waals surface area contributed by atoms with E-state index in [9.17, 15) is 4.79 Å². The lowest BCUT2D eigenvalue weighted by atomic mass is 10.1. The predicted octanol–water partition coefficient (Wildman–Crippen LogP) is 3.29. The minimum absolute atomic E-state index is 0.0575. The number of hydrogen-bond acceptors (Lipinski definition) is 4. The van der Waals surface area contributed by atoms with Crippen molar-refractivity contribution in [1.82, 2.24) is 5.32 Å². The second-order valence-electron chi connectivity index (χ2n) is 6.18. The van der Waals surface area contributed by atoms with Gasteiger partial charge in [-0.15, -0.1) is 11.3 Å². The van der Waals surface area contributed by atoms with Crippen LogP contribution in [-0.4, -0.2) is 30.9 Å². The number of thiophene rings is 1. The largest absolute Gasteiger partial charge is 0.348 e. The Morgan fingerprint density at radius 1 is 1.41 bits per heavy atom. The average Bonchev–Trinajstić information content (AvgIpc) is 3.21. The molecule has 1 saturated carbocycles. The van der Waals surface area contributed by atoms with Crippen LogP contribution >= 0.6 is 11.3 Å². The standard InChI is InChI=1S/C17H25NO3S/c1-3-5-14-12(4-2)10-15(22-14)16(19)18-13-6-7-17(11-13)20-8-9-21-17/h10,13H,3-9,11H2,1-2H3,(H,18,19)/t13-/m1/s1. The molecule has 1 atom stereocenters. The van der Waals surface area contributed by atoms with Crippen molar-refractivity contribution in [2.24, 2.45) is 0 Å². The molecule has 1 aliphatic heterocycles. The topological polar surface area (TPSA) is 47.6 Å². The van der Waals surface area contributed by atoms with E-state index in [0.29, 0.717) is 13.2 Å². The van der Waals surface area contributed by atoms with Crippen molar-refractivity contribution in [2.75, 3.05) is 13.2 Å². The minimum atomic E-state index is -0.421. The summed E-state index contributed by atoms with van der Waals surface area (Å²) >= 11 is 1.65. The SMILES string of the molecule is CCCc1sc(C(=O)N[C@@H]2CCC3(C2)OCCO3)cc1CC. The maximum Gasteiger partial charge on any atom is 0.261 e. The molecule has 1 amide bonds. The van der Waals surface area contributed by atoms with E-state index in [1.165, 1.54) is 10.4 Å². The molecule has 0 radical (unpaired) electrons. The smallest absolute Gasteiger partial charge is 0.261 e. The van der Waals surface area contributed by atoms with Gasteiger partial charge in [-0.1, -0.05) is 20.3 Å². The molecule has 2 fully saturated rings. The lowest BCUT2D eigenvalue weighted by Gasteiger charge is -2.21. The molecule has 1 aliphatic carbocycles. The number of hydrogen-bond donors (Lipinski definition) is 1. The van der Waals surface area contributed by atoms with E-state index in [4.69, 9.17) is 9.47 Å². The van der Waals surface area contributed by atoms with Gasteiger partial charge in [0.25, 0.3) is 5.91 Å². The number of aryl methyl sites for hydroxylation is 2. The van der Waals surface area contributed by atoms with E-state index >= 15 is 0 Å². The monoisotopic (exact) mass is 323 g/mol. The van der Waals surface area contributed by atoms with Gasteiger partial charge in [-0.05, 0) is 30.9 Å². The van der Waals surface area contributed by atoms with Gasteiger partial charge in [0.2, 0.25) is 0 Å². The first-order chi connectivity index (χ1) is 10.7. The van der Waals surface area contributed by atoms with Gasteiger partial charge in [-0.25, -0.2) is 0 Å². The zero-order valence-electron chi connectivity index (χ0n) is 13.4. The van der Waals surface area contributed by atoms with E-state index in [1.54, 1.807) is 11.3 Å². The van der Waals surface area contributed by atoms with Crippen molar-refractivity contribution in [1.29, 1.82) is 0 Å². The fraction of sp³-hybridized carbons (Fsp3) is 0.706. The molecule has 0 unspecified atom stereocenters. The van der Waals surface area contributed by atoms with E-state index in [0.717, 1.165) is 43.4 Å². The maximum atomic E-state index is 12.5. The van der Waals surface area contributed by atoms with Crippen molar-refractivity contribution in [2.45, 2.75) is 64.2 Å². The van der Waals surface area contributed by atoms with Crippen LogP contribution in [0.1, 0.15) is 59.6 Å². The summed E-state index contributed by atoms with van der Waals surface area (Å²) in [7, 11) is 0. The first-order valence-corrected chi connectivity index (χ1v) is 9.18. The number of carbonyl (C=O) groups excluding carboxylic acids is 1. The molecule has 2 aliphatic rings. The molecule has 5 heteroatoms. The highest BCUT2D eigenvalue weighted by Crippen LogP contribution is 2.37. The first kappa shape index (κ1) is 16.0. The van der Waals surface area contributed by atoms with Gasteiger partial charge in [0.15, 0.2) is 5.79 Å². The third-order valence-corrected chi connectivity index (χ3v) is 5.79. The van der Waals surface area contributed by atoms with Crippen LogP contribution in [0.25, 0.3) is 0 Å². The summed E-state index contributed by atoms with van der Waals surface area (Å²) in [5.41, 5.74) is 1.32. The van der Waals surface area contributed by atoms with E-state index in [1.807, 2.05) is 0 Å². The van der Waals surface area contributed by atoms with Crippen LogP contribution in [0.3, 0.4) is 0 Å². The van der Waals surface area contributed by atoms with Crippen molar-refractivity contribution in [3.05, 3.63) is 21.4 Å². The van der Waals surface area contributed by atoms with Crippen LogP contribution in [0.4, 0.5) is 0 Å². The Hall–Kier alpha value is -0.910. The van der Waals surface area contributed by atoms with Gasteiger partial charge < -0.3 is 14.8 Å². The van der Waals surface area contributed by atoms with Crippen molar-refractivity contribution in [3.63, 3.8) is 0 Å². The molecule has 1 N–H and O–H groups in total. The van der Waals surface area contributed by atoms with E-state index in [2.05, 4.69) is 25.2 Å². The third kappa shape index (κ3) is 3.21. The summed E-state index contributed by atoms with van der Waals surface area (Å²) < 4.78 is 11.4. The maximum absolute atomic E-state index is 12.5. The second-order valence-corrected chi connectivity index (χ2v) is 7.32. The van der Waals surface area contributed by atoms with Gasteiger partial charge in [0, 0.05) is 23.8 Å². The first-order valence-electron chi connectivity index (χ1n) is 8.36. The molecule has 2 heterocycles. The molecule has 1 aromatic rings. The molecular weight excluding hydrogens is 298 g/mol. The molecule has 0 bridgehead atoms. The Balaban J connectivity index is 1.62. The Kier molecular flexibility index (Phi) is 4.85. The van der Waals surface area contributed by atoms with Crippen LogP contribution in [0.15, 0.2) is 6.07 Å². The molecule has 1 spiro atoms. The van der Waals surface area contributed by atoms with E-state index in [-0.39, 0.29) is 11.9 Å². The Morgan fingerprint density at radius 3 is 2.86 bits per heavy atom. The lowest BCUT2D eigenvalue weighted by molar-refractivity contribution is -0.151. The molecule has 22 heavy (non-hydrogen) atoms. The molecule has 4 nitrogen and oxygen atoms in total. The fourth-order valence-corrected chi connectivity index (χ4v) is 4.69. The van der Waals surface area contributed by atoms with Crippen molar-refractivity contribution < 1.29 is 14.3 Å². The molecule has 3 rings (SSSR count). The summed E-state index contributed by atoms with van der Waals surface area (Å²) in [6, 6.07) is 2.23. The van der Waals surface area contributed by atoms with Gasteiger partial charge in [0.05, 0.1) is 18.1 Å². The number of amides is 1. The van der Waals surface area contributed by atoms with Crippen LogP contribution in [0.5, 0.6) is 0 Å². The fourth-order valence-electron chi connectivity index (χ4n) is 3.43. The summed E-state index contributed by atoms with van der Waals surface area (Å²) in [4.78, 5) is 14.7. The van der Waals surface area contributed by atoms with Gasteiger partial charge in [-0.2, -0.15) is 0 Å². The van der Waals surface area contributed by atoms with Gasteiger partial charge >= 0.3 is 0 Å². The lowest BCUT2D eigenvalue weighted by Crippen LogP contribution is -2.35. The third-order valence-electron chi connectivity index (χ3n) is 4.56. The summed E-state index contributed by atoms with van der Waals surface area (Å²) in [6.45, 7) is 5.68. The molecule has 1 aromatic heterocycles. The molecule has 1 saturated heterocycles. The Bertz CT molecular complexity index is 534. The zero-order valence-corrected chi connectivity index (χ0v) is 14.3. The van der Waals surface area contributed by atoms with Crippen molar-refractivity contribution in [3.8, 4) is 0 Å². The predicted molar refractivity (Wildman–Crippen MR) is 87.4 cm³/mol. The van der Waals surface area contributed by atoms with Crippen LogP contribution < -0.4 is 5.32 Å².